The van der Waals surface area contributed by atoms with Crippen LogP contribution >= 0.6 is 15.9 Å². The molecule has 0 rings (SSSR count). The molecule has 1 unspecified atom stereocenters. The minimum Gasteiger partial charge on any atom is -0.314 e. The van der Waals surface area contributed by atoms with Crippen molar-refractivity contribution in [3.05, 3.63) is 0 Å². The Hall–Kier alpha value is 0.190. The summed E-state index contributed by atoms with van der Waals surface area (Å²) in [7, 11) is 0. The second-order valence-corrected chi connectivity index (χ2v) is 4.13. The number of nitrogens with one attached hydrogen (secondary N) is 1. The van der Waals surface area contributed by atoms with Gasteiger partial charge in [-0.2, -0.15) is 0 Å². The lowest BCUT2D eigenvalue weighted by Gasteiger charge is -2.09. The van der Waals surface area contributed by atoms with Crippen LogP contribution in [-0.2, 0) is 4.74 Å². The van der Waals surface area contributed by atoms with Crippen molar-refractivity contribution in [2.75, 3.05) is 19.7 Å². The highest BCUT2D eigenvalue weighted by Gasteiger charge is 2.28. The first kappa shape index (κ1) is 14.2. The summed E-state index contributed by atoms with van der Waals surface area (Å²) in [5.74, 6) is 0. The normalized spacial score (nSPS) is 14.4. The fraction of sp³-hybridized carbons (Fsp3) is 1.00. The maximum atomic E-state index is 11.5. The number of hydrogen-bond donors (Lipinski definition) is 1. The van der Waals surface area contributed by atoms with Gasteiger partial charge < -0.3 is 5.32 Å². The third-order valence-electron chi connectivity index (χ3n) is 1.62. The largest absolute Gasteiger partial charge is 0.522 e. The Morgan fingerprint density at radius 2 is 2.00 bits per heavy atom. The number of hydrogen-bond acceptors (Lipinski definition) is 2. The van der Waals surface area contributed by atoms with E-state index in [0.717, 1.165) is 12.8 Å². The SMILES string of the molecule is CCC(Br)CCNCCOC(F)(F)F. The third-order valence-corrected chi connectivity index (χ3v) is 2.73. The van der Waals surface area contributed by atoms with Crippen LogP contribution in [0.1, 0.15) is 19.8 Å². The van der Waals surface area contributed by atoms with Gasteiger partial charge in [0.1, 0.15) is 0 Å². The van der Waals surface area contributed by atoms with Gasteiger partial charge in [-0.25, -0.2) is 0 Å². The van der Waals surface area contributed by atoms with Crippen molar-refractivity contribution in [2.24, 2.45) is 0 Å². The van der Waals surface area contributed by atoms with Crippen molar-refractivity contribution in [3.8, 4) is 0 Å². The maximum absolute atomic E-state index is 11.5. The molecule has 1 atom stereocenters. The molecule has 0 bridgehead atoms. The van der Waals surface area contributed by atoms with E-state index < -0.39 is 6.36 Å². The highest BCUT2D eigenvalue weighted by molar-refractivity contribution is 9.09. The fourth-order valence-corrected chi connectivity index (χ4v) is 1.06. The van der Waals surface area contributed by atoms with Crippen molar-refractivity contribution in [1.82, 2.24) is 5.32 Å². The molecule has 86 valence electrons. The van der Waals surface area contributed by atoms with Crippen LogP contribution in [0.25, 0.3) is 0 Å². The van der Waals surface area contributed by atoms with E-state index in [1.807, 2.05) is 6.92 Å². The molecular formula is C8H15BrF3NO. The Kier molecular flexibility index (Phi) is 7.58. The summed E-state index contributed by atoms with van der Waals surface area (Å²) >= 11 is 3.43. The zero-order valence-electron chi connectivity index (χ0n) is 8.03. The van der Waals surface area contributed by atoms with Crippen LogP contribution in [0.5, 0.6) is 0 Å². The van der Waals surface area contributed by atoms with Gasteiger partial charge >= 0.3 is 6.36 Å². The summed E-state index contributed by atoms with van der Waals surface area (Å²) in [4.78, 5) is 0.429. The van der Waals surface area contributed by atoms with Crippen LogP contribution in [-0.4, -0.2) is 30.9 Å². The second kappa shape index (κ2) is 7.48. The quantitative estimate of drug-likeness (QED) is 0.571. The van der Waals surface area contributed by atoms with E-state index in [2.05, 4.69) is 26.0 Å². The molecule has 0 aromatic heterocycles. The lowest BCUT2D eigenvalue weighted by Crippen LogP contribution is -2.26. The molecule has 1 N–H and O–H groups in total. The van der Waals surface area contributed by atoms with Crippen molar-refractivity contribution in [1.29, 1.82) is 0 Å². The summed E-state index contributed by atoms with van der Waals surface area (Å²) < 4.78 is 38.1. The van der Waals surface area contributed by atoms with E-state index >= 15 is 0 Å². The van der Waals surface area contributed by atoms with Crippen LogP contribution in [0.2, 0.25) is 0 Å². The molecule has 0 amide bonds. The average Bonchev–Trinajstić information content (AvgIpc) is 2.08. The Bertz CT molecular complexity index is 143. The maximum Gasteiger partial charge on any atom is 0.522 e. The highest BCUT2D eigenvalue weighted by Crippen LogP contribution is 2.15. The number of rotatable bonds is 7. The van der Waals surface area contributed by atoms with Crippen molar-refractivity contribution >= 4 is 15.9 Å². The van der Waals surface area contributed by atoms with Gasteiger partial charge in [0.05, 0.1) is 6.61 Å². The molecule has 0 saturated heterocycles. The van der Waals surface area contributed by atoms with Crippen molar-refractivity contribution < 1.29 is 17.9 Å². The van der Waals surface area contributed by atoms with Gasteiger partial charge in [0, 0.05) is 11.4 Å². The fourth-order valence-electron chi connectivity index (χ4n) is 0.827. The standard InChI is InChI=1S/C8H15BrF3NO/c1-2-7(9)3-4-13-5-6-14-8(10,11)12/h7,13H,2-6H2,1H3. The first-order valence-corrected chi connectivity index (χ1v) is 5.42. The lowest BCUT2D eigenvalue weighted by atomic mass is 10.2. The smallest absolute Gasteiger partial charge is 0.314 e. The number of ether oxygens (including phenoxy) is 1. The molecule has 2 nitrogen and oxygen atoms in total. The first-order valence-electron chi connectivity index (χ1n) is 4.51. The highest BCUT2D eigenvalue weighted by atomic mass is 79.9. The predicted octanol–water partition coefficient (Wildman–Crippen LogP) is 2.68. The van der Waals surface area contributed by atoms with Crippen molar-refractivity contribution in [3.63, 3.8) is 0 Å². The van der Waals surface area contributed by atoms with E-state index in [-0.39, 0.29) is 13.2 Å². The van der Waals surface area contributed by atoms with Crippen LogP contribution in [0.15, 0.2) is 0 Å². The van der Waals surface area contributed by atoms with Gasteiger partial charge in [0.15, 0.2) is 0 Å². The Labute approximate surface area is 90.3 Å². The predicted molar refractivity (Wildman–Crippen MR) is 52.5 cm³/mol. The third kappa shape index (κ3) is 10.3. The molecule has 0 aliphatic heterocycles. The van der Waals surface area contributed by atoms with Gasteiger partial charge in [-0.3, -0.25) is 4.74 Å². The molecule has 0 aromatic rings. The molecular weight excluding hydrogens is 263 g/mol. The van der Waals surface area contributed by atoms with E-state index in [4.69, 9.17) is 0 Å². The zero-order valence-corrected chi connectivity index (χ0v) is 9.62. The zero-order chi connectivity index (χ0) is 11.0. The monoisotopic (exact) mass is 277 g/mol. The minimum absolute atomic E-state index is 0.225. The summed E-state index contributed by atoms with van der Waals surface area (Å²) in [6.45, 7) is 2.64. The van der Waals surface area contributed by atoms with Gasteiger partial charge in [-0.15, -0.1) is 13.2 Å². The van der Waals surface area contributed by atoms with E-state index in [1.165, 1.54) is 0 Å². The molecule has 0 heterocycles. The van der Waals surface area contributed by atoms with Crippen LogP contribution in [0.3, 0.4) is 0 Å². The van der Waals surface area contributed by atoms with Gasteiger partial charge in [-0.05, 0) is 19.4 Å². The molecule has 0 saturated carbocycles. The van der Waals surface area contributed by atoms with Crippen LogP contribution in [0, 0.1) is 0 Å². The molecule has 6 heteroatoms. The number of halogens is 4. The molecule has 0 fully saturated rings. The summed E-state index contributed by atoms with van der Waals surface area (Å²) in [6.07, 6.45) is -2.59. The Balaban J connectivity index is 3.14. The average molecular weight is 278 g/mol. The molecule has 14 heavy (non-hydrogen) atoms. The topological polar surface area (TPSA) is 21.3 Å². The number of alkyl halides is 4. The molecule has 0 aliphatic carbocycles. The molecule has 0 aliphatic rings. The molecule has 0 radical (unpaired) electrons. The second-order valence-electron chi connectivity index (χ2n) is 2.84. The summed E-state index contributed by atoms with van der Waals surface area (Å²) in [6, 6.07) is 0. The van der Waals surface area contributed by atoms with E-state index in [0.29, 0.717) is 11.4 Å². The summed E-state index contributed by atoms with van der Waals surface area (Å²) in [5, 5.41) is 2.87. The van der Waals surface area contributed by atoms with Gasteiger partial charge in [0.25, 0.3) is 0 Å². The van der Waals surface area contributed by atoms with Gasteiger partial charge in [-0.1, -0.05) is 22.9 Å². The Morgan fingerprint density at radius 1 is 1.36 bits per heavy atom. The molecule has 0 aromatic carbocycles. The Morgan fingerprint density at radius 3 is 2.50 bits per heavy atom. The lowest BCUT2D eigenvalue weighted by molar-refractivity contribution is -0.323. The van der Waals surface area contributed by atoms with Crippen LogP contribution < -0.4 is 5.32 Å². The summed E-state index contributed by atoms with van der Waals surface area (Å²) in [5.41, 5.74) is 0. The van der Waals surface area contributed by atoms with Crippen LogP contribution in [0.4, 0.5) is 13.2 Å². The van der Waals surface area contributed by atoms with E-state index in [1.54, 1.807) is 0 Å². The minimum atomic E-state index is -4.51. The van der Waals surface area contributed by atoms with Crippen molar-refractivity contribution in [2.45, 2.75) is 31.0 Å². The van der Waals surface area contributed by atoms with Gasteiger partial charge in [0.2, 0.25) is 0 Å². The van der Waals surface area contributed by atoms with E-state index in [9.17, 15) is 13.2 Å². The molecule has 0 spiro atoms. The first-order chi connectivity index (χ1) is 6.45.